The average molecular weight is 390 g/mol. The number of benzene rings is 2. The molecule has 2 unspecified atom stereocenters. The van der Waals surface area contributed by atoms with Gasteiger partial charge < -0.3 is 9.47 Å². The molecular formula is C23H25F3O2. The SMILES string of the molecule is C/C=C/C1CCC(c2ccc(-c3ccc(OCCC)cc3F)c(F)c2F)OC1. The largest absolute Gasteiger partial charge is 0.494 e. The van der Waals surface area contributed by atoms with Crippen LogP contribution in [0.25, 0.3) is 11.1 Å². The van der Waals surface area contributed by atoms with Crippen LogP contribution in [0.5, 0.6) is 5.75 Å². The van der Waals surface area contributed by atoms with Crippen molar-refractivity contribution in [1.29, 1.82) is 0 Å². The summed E-state index contributed by atoms with van der Waals surface area (Å²) in [7, 11) is 0. The molecule has 150 valence electrons. The Labute approximate surface area is 164 Å². The van der Waals surface area contributed by atoms with Crippen LogP contribution in [-0.2, 0) is 4.74 Å². The van der Waals surface area contributed by atoms with E-state index < -0.39 is 23.6 Å². The maximum absolute atomic E-state index is 14.7. The molecule has 0 radical (unpaired) electrons. The number of hydrogen-bond donors (Lipinski definition) is 0. The molecule has 1 aliphatic heterocycles. The van der Waals surface area contributed by atoms with Crippen LogP contribution in [0, 0.1) is 23.4 Å². The predicted molar refractivity (Wildman–Crippen MR) is 104 cm³/mol. The Morgan fingerprint density at radius 2 is 1.86 bits per heavy atom. The van der Waals surface area contributed by atoms with E-state index in [2.05, 4.69) is 6.08 Å². The van der Waals surface area contributed by atoms with E-state index >= 15 is 0 Å². The van der Waals surface area contributed by atoms with Gasteiger partial charge in [0.15, 0.2) is 11.6 Å². The highest BCUT2D eigenvalue weighted by Crippen LogP contribution is 2.36. The highest BCUT2D eigenvalue weighted by atomic mass is 19.2. The number of rotatable bonds is 6. The van der Waals surface area contributed by atoms with E-state index in [4.69, 9.17) is 9.47 Å². The molecule has 0 spiro atoms. The zero-order valence-electron chi connectivity index (χ0n) is 16.2. The third-order valence-corrected chi connectivity index (χ3v) is 4.94. The Morgan fingerprint density at radius 3 is 2.50 bits per heavy atom. The van der Waals surface area contributed by atoms with Crippen LogP contribution in [0.3, 0.4) is 0 Å². The minimum atomic E-state index is -1.06. The number of hydrogen-bond acceptors (Lipinski definition) is 2. The van der Waals surface area contributed by atoms with Crippen molar-refractivity contribution in [3.05, 3.63) is 65.5 Å². The summed E-state index contributed by atoms with van der Waals surface area (Å²) in [6.07, 6.45) is 5.81. The molecular weight excluding hydrogens is 365 g/mol. The molecule has 2 nitrogen and oxygen atoms in total. The Kier molecular flexibility index (Phi) is 6.79. The summed E-state index contributed by atoms with van der Waals surface area (Å²) in [5.74, 6) is -2.01. The highest BCUT2D eigenvalue weighted by Gasteiger charge is 2.26. The van der Waals surface area contributed by atoms with Gasteiger partial charge in [0, 0.05) is 28.7 Å². The van der Waals surface area contributed by atoms with Gasteiger partial charge in [0.1, 0.15) is 11.6 Å². The lowest BCUT2D eigenvalue weighted by Gasteiger charge is -2.28. The van der Waals surface area contributed by atoms with Crippen LogP contribution < -0.4 is 4.74 Å². The Bertz CT molecular complexity index is 840. The molecule has 0 amide bonds. The summed E-state index contributed by atoms with van der Waals surface area (Å²) in [6.45, 7) is 4.83. The molecule has 0 bridgehead atoms. The van der Waals surface area contributed by atoms with Crippen LogP contribution in [0.1, 0.15) is 44.8 Å². The molecule has 5 heteroatoms. The van der Waals surface area contributed by atoms with Crippen molar-refractivity contribution in [3.63, 3.8) is 0 Å². The zero-order valence-corrected chi connectivity index (χ0v) is 16.2. The molecule has 0 aliphatic carbocycles. The Balaban J connectivity index is 1.83. The number of halogens is 3. The summed E-state index contributed by atoms with van der Waals surface area (Å²) in [5.41, 5.74) is 0.0800. The molecule has 0 saturated carbocycles. The van der Waals surface area contributed by atoms with Gasteiger partial charge in [-0.15, -0.1) is 0 Å². The minimum Gasteiger partial charge on any atom is -0.494 e. The molecule has 3 rings (SSSR count). The first-order valence-electron chi connectivity index (χ1n) is 9.70. The first-order chi connectivity index (χ1) is 13.5. The van der Waals surface area contributed by atoms with Gasteiger partial charge in [-0.25, -0.2) is 13.2 Å². The van der Waals surface area contributed by atoms with Crippen molar-refractivity contribution in [2.75, 3.05) is 13.2 Å². The molecule has 0 N–H and O–H groups in total. The molecule has 2 atom stereocenters. The normalized spacial score (nSPS) is 19.9. The van der Waals surface area contributed by atoms with E-state index in [0.29, 0.717) is 31.3 Å². The molecule has 1 heterocycles. The summed E-state index contributed by atoms with van der Waals surface area (Å²) < 4.78 is 55.0. The minimum absolute atomic E-state index is 0.00417. The lowest BCUT2D eigenvalue weighted by atomic mass is 9.92. The molecule has 2 aromatic carbocycles. The third-order valence-electron chi connectivity index (χ3n) is 4.94. The van der Waals surface area contributed by atoms with Gasteiger partial charge in [-0.3, -0.25) is 0 Å². The average Bonchev–Trinajstić information content (AvgIpc) is 2.70. The van der Waals surface area contributed by atoms with Gasteiger partial charge in [0.2, 0.25) is 0 Å². The van der Waals surface area contributed by atoms with E-state index in [9.17, 15) is 13.2 Å². The van der Waals surface area contributed by atoms with Gasteiger partial charge in [-0.2, -0.15) is 0 Å². The summed E-state index contributed by atoms with van der Waals surface area (Å²) >= 11 is 0. The molecule has 2 aromatic rings. The van der Waals surface area contributed by atoms with Crippen molar-refractivity contribution in [2.24, 2.45) is 5.92 Å². The Morgan fingerprint density at radius 1 is 1.07 bits per heavy atom. The second-order valence-corrected chi connectivity index (χ2v) is 7.01. The molecule has 1 aliphatic rings. The van der Waals surface area contributed by atoms with E-state index in [1.807, 2.05) is 19.9 Å². The van der Waals surface area contributed by atoms with Gasteiger partial charge in [0.25, 0.3) is 0 Å². The van der Waals surface area contributed by atoms with Crippen LogP contribution in [0.15, 0.2) is 42.5 Å². The lowest BCUT2D eigenvalue weighted by Crippen LogP contribution is -2.20. The van der Waals surface area contributed by atoms with E-state index in [1.54, 1.807) is 6.07 Å². The zero-order chi connectivity index (χ0) is 20.1. The molecule has 28 heavy (non-hydrogen) atoms. The first-order valence-corrected chi connectivity index (χ1v) is 9.70. The summed E-state index contributed by atoms with van der Waals surface area (Å²) in [6, 6.07) is 7.08. The molecule has 1 saturated heterocycles. The van der Waals surface area contributed by atoms with Gasteiger partial charge in [-0.05, 0) is 38.3 Å². The fraction of sp³-hybridized carbons (Fsp3) is 0.391. The maximum atomic E-state index is 14.7. The lowest BCUT2D eigenvalue weighted by molar-refractivity contribution is -0.00743. The number of allylic oxidation sites excluding steroid dienone is 1. The van der Waals surface area contributed by atoms with Crippen LogP contribution in [0.2, 0.25) is 0 Å². The van der Waals surface area contributed by atoms with Crippen molar-refractivity contribution >= 4 is 0 Å². The van der Waals surface area contributed by atoms with Gasteiger partial charge >= 0.3 is 0 Å². The van der Waals surface area contributed by atoms with Crippen LogP contribution >= 0.6 is 0 Å². The second-order valence-electron chi connectivity index (χ2n) is 7.01. The van der Waals surface area contributed by atoms with E-state index in [-0.39, 0.29) is 16.7 Å². The third kappa shape index (κ3) is 4.41. The standard InChI is InChI=1S/C23H25F3O2/c1-3-5-15-6-11-21(28-14-15)19-10-9-18(22(25)23(19)26)17-8-7-16(13-20(17)24)27-12-4-2/h3,5,7-10,13,15,21H,4,6,11-12,14H2,1-2H3/b5-3+. The summed E-state index contributed by atoms with van der Waals surface area (Å²) in [5, 5.41) is 0. The van der Waals surface area contributed by atoms with E-state index in [1.165, 1.54) is 24.3 Å². The molecule has 0 aromatic heterocycles. The van der Waals surface area contributed by atoms with Crippen LogP contribution in [0.4, 0.5) is 13.2 Å². The van der Waals surface area contributed by atoms with Gasteiger partial charge in [0.05, 0.1) is 19.3 Å². The smallest absolute Gasteiger partial charge is 0.167 e. The Hall–Kier alpha value is -2.27. The van der Waals surface area contributed by atoms with Crippen LogP contribution in [-0.4, -0.2) is 13.2 Å². The molecule has 1 fully saturated rings. The predicted octanol–water partition coefficient (Wildman–Crippen LogP) is 6.60. The van der Waals surface area contributed by atoms with Crippen molar-refractivity contribution in [3.8, 4) is 16.9 Å². The summed E-state index contributed by atoms with van der Waals surface area (Å²) in [4.78, 5) is 0. The quantitative estimate of drug-likeness (QED) is 0.517. The monoisotopic (exact) mass is 390 g/mol. The van der Waals surface area contributed by atoms with E-state index in [0.717, 1.165) is 12.8 Å². The number of ether oxygens (including phenoxy) is 2. The maximum Gasteiger partial charge on any atom is 0.167 e. The fourth-order valence-electron chi connectivity index (χ4n) is 3.49. The topological polar surface area (TPSA) is 18.5 Å². The van der Waals surface area contributed by atoms with Crippen molar-refractivity contribution in [1.82, 2.24) is 0 Å². The van der Waals surface area contributed by atoms with Gasteiger partial charge in [-0.1, -0.05) is 31.2 Å². The second kappa shape index (κ2) is 9.28. The highest BCUT2D eigenvalue weighted by molar-refractivity contribution is 5.66. The fourth-order valence-corrected chi connectivity index (χ4v) is 3.49. The van der Waals surface area contributed by atoms with Crippen molar-refractivity contribution < 1.29 is 22.6 Å². The first kappa shape index (κ1) is 20.5. The van der Waals surface area contributed by atoms with Crippen molar-refractivity contribution in [2.45, 2.75) is 39.2 Å².